The Labute approximate surface area is 164 Å². The van der Waals surface area contributed by atoms with Crippen molar-refractivity contribution in [2.45, 2.75) is 45.4 Å². The van der Waals surface area contributed by atoms with Gasteiger partial charge in [0.05, 0.1) is 17.1 Å². The molecule has 0 aliphatic carbocycles. The van der Waals surface area contributed by atoms with Gasteiger partial charge >= 0.3 is 5.97 Å². The number of unbranched alkanes of at least 4 members (excludes halogenated alkanes) is 4. The van der Waals surface area contributed by atoms with E-state index in [2.05, 4.69) is 22.5 Å². The Morgan fingerprint density at radius 2 is 1.64 bits per heavy atom. The maximum Gasteiger partial charge on any atom is 0.339 e. The molecule has 148 valence electrons. The van der Waals surface area contributed by atoms with E-state index in [1.807, 2.05) is 6.07 Å². The number of aromatic carboxylic acids is 1. The zero-order valence-corrected chi connectivity index (χ0v) is 15.9. The van der Waals surface area contributed by atoms with Crippen LogP contribution in [0.25, 0.3) is 0 Å². The van der Waals surface area contributed by atoms with Crippen molar-refractivity contribution in [2.24, 2.45) is 10.2 Å². The molecule has 1 amide bonds. The van der Waals surface area contributed by atoms with Gasteiger partial charge in [0.15, 0.2) is 5.75 Å². The molecule has 2 aromatic carbocycles. The zero-order valence-electron chi connectivity index (χ0n) is 15.9. The average molecular weight is 383 g/mol. The molecule has 0 atom stereocenters. The van der Waals surface area contributed by atoms with Crippen LogP contribution in [-0.4, -0.2) is 22.1 Å². The maximum atomic E-state index is 12.1. The number of nitrogens with one attached hydrogen (secondary N) is 1. The zero-order chi connectivity index (χ0) is 20.4. The first-order valence-electron chi connectivity index (χ1n) is 9.38. The minimum absolute atomic E-state index is 0.0143. The second-order valence-electron chi connectivity index (χ2n) is 6.44. The van der Waals surface area contributed by atoms with E-state index in [1.54, 1.807) is 24.3 Å². The van der Waals surface area contributed by atoms with Gasteiger partial charge in [-0.25, -0.2) is 4.79 Å². The van der Waals surface area contributed by atoms with Crippen molar-refractivity contribution in [2.75, 3.05) is 5.32 Å². The van der Waals surface area contributed by atoms with Crippen LogP contribution >= 0.6 is 0 Å². The molecule has 0 fully saturated rings. The van der Waals surface area contributed by atoms with Gasteiger partial charge in [-0.3, -0.25) is 4.79 Å². The summed E-state index contributed by atoms with van der Waals surface area (Å²) in [5.41, 5.74) is 0.491. The van der Waals surface area contributed by atoms with E-state index in [-0.39, 0.29) is 22.8 Å². The fourth-order valence-corrected chi connectivity index (χ4v) is 2.65. The smallest absolute Gasteiger partial charge is 0.339 e. The molecule has 28 heavy (non-hydrogen) atoms. The predicted molar refractivity (Wildman–Crippen MR) is 108 cm³/mol. The summed E-state index contributed by atoms with van der Waals surface area (Å²) < 4.78 is 0. The Morgan fingerprint density at radius 3 is 2.32 bits per heavy atom. The number of carbonyl (C=O) groups excluding carboxylic acids is 1. The summed E-state index contributed by atoms with van der Waals surface area (Å²) in [4.78, 5) is 23.6. The molecule has 0 saturated heterocycles. The highest BCUT2D eigenvalue weighted by atomic mass is 16.4. The lowest BCUT2D eigenvalue weighted by atomic mass is 10.1. The van der Waals surface area contributed by atoms with Gasteiger partial charge in [0.25, 0.3) is 0 Å². The highest BCUT2D eigenvalue weighted by Crippen LogP contribution is 2.34. The first-order valence-corrected chi connectivity index (χ1v) is 9.38. The van der Waals surface area contributed by atoms with E-state index in [0.29, 0.717) is 12.1 Å². The van der Waals surface area contributed by atoms with Crippen LogP contribution in [0.3, 0.4) is 0 Å². The summed E-state index contributed by atoms with van der Waals surface area (Å²) in [6.45, 7) is 2.12. The van der Waals surface area contributed by atoms with Gasteiger partial charge < -0.3 is 15.5 Å². The third-order valence-electron chi connectivity index (χ3n) is 4.14. The first-order chi connectivity index (χ1) is 13.5. The monoisotopic (exact) mass is 383 g/mol. The molecule has 0 bridgehead atoms. The molecule has 2 rings (SSSR count). The Balaban J connectivity index is 2.14. The van der Waals surface area contributed by atoms with Crippen molar-refractivity contribution in [1.82, 2.24) is 0 Å². The summed E-state index contributed by atoms with van der Waals surface area (Å²) in [5.74, 6) is -2.09. The van der Waals surface area contributed by atoms with E-state index in [9.17, 15) is 19.8 Å². The highest BCUT2D eigenvalue weighted by Gasteiger charge is 2.17. The van der Waals surface area contributed by atoms with Crippen molar-refractivity contribution in [3.05, 3.63) is 48.0 Å². The minimum atomic E-state index is -1.32. The number of azo groups is 1. The van der Waals surface area contributed by atoms with Gasteiger partial charge in [0.1, 0.15) is 5.56 Å². The summed E-state index contributed by atoms with van der Waals surface area (Å²) >= 11 is 0. The lowest BCUT2D eigenvalue weighted by Crippen LogP contribution is -2.12. The SMILES string of the molecule is CCCCCCCC(=O)Nc1cc(N=Nc2ccccc2)cc(C(=O)O)c1O. The number of carboxylic acid groups (broad SMARTS) is 1. The Kier molecular flexibility index (Phi) is 8.14. The number of aromatic hydroxyl groups is 1. The van der Waals surface area contributed by atoms with E-state index in [4.69, 9.17) is 0 Å². The molecule has 0 heterocycles. The molecule has 0 saturated carbocycles. The maximum absolute atomic E-state index is 12.1. The number of carbonyl (C=O) groups is 2. The first kappa shape index (κ1) is 21.1. The molecule has 3 N–H and O–H groups in total. The summed E-state index contributed by atoms with van der Waals surface area (Å²) in [7, 11) is 0. The number of phenols is 1. The van der Waals surface area contributed by atoms with Crippen molar-refractivity contribution in [3.63, 3.8) is 0 Å². The topological polar surface area (TPSA) is 111 Å². The fraction of sp³-hybridized carbons (Fsp3) is 0.333. The van der Waals surface area contributed by atoms with Gasteiger partial charge in [0.2, 0.25) is 5.91 Å². The number of hydrogen-bond donors (Lipinski definition) is 3. The van der Waals surface area contributed by atoms with Gasteiger partial charge in [-0.2, -0.15) is 10.2 Å². The van der Waals surface area contributed by atoms with Crippen LogP contribution in [0, 0.1) is 0 Å². The van der Waals surface area contributed by atoms with Crippen LogP contribution in [0.15, 0.2) is 52.7 Å². The molecule has 0 radical (unpaired) electrons. The minimum Gasteiger partial charge on any atom is -0.505 e. The third kappa shape index (κ3) is 6.50. The molecule has 0 aliphatic rings. The Hall–Kier alpha value is -3.22. The summed E-state index contributed by atoms with van der Waals surface area (Å²) in [5, 5.41) is 30.2. The Bertz CT molecular complexity index is 835. The number of hydrogen-bond acceptors (Lipinski definition) is 5. The largest absolute Gasteiger partial charge is 0.505 e. The lowest BCUT2D eigenvalue weighted by molar-refractivity contribution is -0.116. The molecular weight excluding hydrogens is 358 g/mol. The molecule has 0 aliphatic heterocycles. The molecular formula is C21H25N3O4. The van der Waals surface area contributed by atoms with E-state index in [1.165, 1.54) is 12.1 Å². The van der Waals surface area contributed by atoms with Gasteiger partial charge in [-0.15, -0.1) is 0 Å². The second kappa shape index (κ2) is 10.8. The number of nitrogens with zero attached hydrogens (tertiary/aromatic N) is 2. The van der Waals surface area contributed by atoms with Gasteiger partial charge in [0, 0.05) is 6.42 Å². The highest BCUT2D eigenvalue weighted by molar-refractivity contribution is 5.99. The summed E-state index contributed by atoms with van der Waals surface area (Å²) in [6.07, 6.45) is 5.35. The number of carboxylic acids is 1. The van der Waals surface area contributed by atoms with E-state index in [0.717, 1.165) is 32.1 Å². The van der Waals surface area contributed by atoms with Crippen LogP contribution in [0.2, 0.25) is 0 Å². The van der Waals surface area contributed by atoms with Gasteiger partial charge in [-0.1, -0.05) is 50.8 Å². The van der Waals surface area contributed by atoms with Crippen molar-refractivity contribution >= 4 is 28.9 Å². The van der Waals surface area contributed by atoms with Crippen molar-refractivity contribution in [1.29, 1.82) is 0 Å². The number of rotatable bonds is 10. The molecule has 2 aromatic rings. The standard InChI is InChI=1S/C21H25N3O4/c1-2-3-4-5-9-12-19(25)22-18-14-16(13-17(20(18)26)21(27)28)24-23-15-10-7-6-8-11-15/h6-8,10-11,13-14,26H,2-5,9,12H2,1H3,(H,22,25)(H,27,28). The van der Waals surface area contributed by atoms with Gasteiger partial charge in [-0.05, 0) is 30.7 Å². The molecule has 0 spiro atoms. The average Bonchev–Trinajstić information content (AvgIpc) is 2.68. The third-order valence-corrected chi connectivity index (χ3v) is 4.14. The fourth-order valence-electron chi connectivity index (χ4n) is 2.65. The molecule has 7 nitrogen and oxygen atoms in total. The van der Waals surface area contributed by atoms with Crippen LogP contribution in [-0.2, 0) is 4.79 Å². The number of benzene rings is 2. The van der Waals surface area contributed by atoms with Crippen LogP contribution < -0.4 is 5.32 Å². The number of anilines is 1. The predicted octanol–water partition coefficient (Wildman–Crippen LogP) is 5.80. The molecule has 0 unspecified atom stereocenters. The quantitative estimate of drug-likeness (QED) is 0.273. The van der Waals surface area contributed by atoms with Crippen LogP contribution in [0.1, 0.15) is 55.8 Å². The van der Waals surface area contributed by atoms with E-state index >= 15 is 0 Å². The lowest BCUT2D eigenvalue weighted by Gasteiger charge is -2.10. The normalized spacial score (nSPS) is 10.9. The van der Waals surface area contributed by atoms with Crippen molar-refractivity contribution in [3.8, 4) is 5.75 Å². The second-order valence-corrected chi connectivity index (χ2v) is 6.44. The summed E-state index contributed by atoms with van der Waals surface area (Å²) in [6, 6.07) is 11.6. The number of amides is 1. The van der Waals surface area contributed by atoms with Crippen molar-refractivity contribution < 1.29 is 19.8 Å². The molecule has 7 heteroatoms. The Morgan fingerprint density at radius 1 is 0.964 bits per heavy atom. The molecule has 0 aromatic heterocycles. The van der Waals surface area contributed by atoms with Crippen LogP contribution in [0.5, 0.6) is 5.75 Å². The van der Waals surface area contributed by atoms with E-state index < -0.39 is 11.7 Å². The van der Waals surface area contributed by atoms with Crippen LogP contribution in [0.4, 0.5) is 17.1 Å².